The lowest BCUT2D eigenvalue weighted by atomic mass is 10.1. The molecule has 0 aliphatic carbocycles. The SMILES string of the molecule is Nc1ncnc2c1ncn2[C@@H]1O[C@H](CO)C2OC(c3ccccc3)OC21. The second-order valence-electron chi connectivity index (χ2n) is 6.27. The number of ether oxygens (including phenoxy) is 3. The zero-order valence-electron chi connectivity index (χ0n) is 13.7. The van der Waals surface area contributed by atoms with Crippen LogP contribution in [0.15, 0.2) is 43.0 Å². The van der Waals surface area contributed by atoms with Gasteiger partial charge in [-0.25, -0.2) is 15.0 Å². The van der Waals surface area contributed by atoms with Crippen molar-refractivity contribution in [3.63, 3.8) is 0 Å². The summed E-state index contributed by atoms with van der Waals surface area (Å²) in [4.78, 5) is 12.5. The third kappa shape index (κ3) is 2.29. The van der Waals surface area contributed by atoms with E-state index >= 15 is 0 Å². The third-order valence-electron chi connectivity index (χ3n) is 4.76. The number of imidazole rings is 1. The van der Waals surface area contributed by atoms with Crippen molar-refractivity contribution in [1.29, 1.82) is 0 Å². The molecule has 26 heavy (non-hydrogen) atoms. The average Bonchev–Trinajstić information content (AvgIpc) is 3.36. The van der Waals surface area contributed by atoms with Crippen molar-refractivity contribution < 1.29 is 19.3 Å². The van der Waals surface area contributed by atoms with Crippen molar-refractivity contribution in [1.82, 2.24) is 19.5 Å². The number of rotatable bonds is 3. The Kier molecular flexibility index (Phi) is 3.61. The van der Waals surface area contributed by atoms with Crippen molar-refractivity contribution in [2.75, 3.05) is 12.3 Å². The van der Waals surface area contributed by atoms with Gasteiger partial charge in [-0.05, 0) is 0 Å². The van der Waals surface area contributed by atoms with Crippen LogP contribution in [0.3, 0.4) is 0 Å². The number of hydrogen-bond donors (Lipinski definition) is 2. The van der Waals surface area contributed by atoms with Crippen LogP contribution in [0.1, 0.15) is 18.1 Å². The number of anilines is 1. The monoisotopic (exact) mass is 355 g/mol. The molecule has 2 aliphatic rings. The molecule has 3 aromatic rings. The molecule has 4 heterocycles. The van der Waals surface area contributed by atoms with Gasteiger partial charge in [0.25, 0.3) is 0 Å². The second-order valence-corrected chi connectivity index (χ2v) is 6.27. The van der Waals surface area contributed by atoms with Gasteiger partial charge in [0.05, 0.1) is 12.9 Å². The Morgan fingerprint density at radius 2 is 1.85 bits per heavy atom. The summed E-state index contributed by atoms with van der Waals surface area (Å²) in [7, 11) is 0. The number of nitrogen functional groups attached to an aromatic ring is 1. The summed E-state index contributed by atoms with van der Waals surface area (Å²) in [6.07, 6.45) is 0.612. The zero-order valence-corrected chi connectivity index (χ0v) is 13.7. The first kappa shape index (κ1) is 15.6. The standard InChI is InChI=1S/C17H17N5O4/c18-14-11-15(20-7-19-14)22(8-21-11)16-13-12(10(6-23)24-16)25-17(26-13)9-4-2-1-3-5-9/h1-5,7-8,10,12-13,16-17,23H,6H2,(H2,18,19,20)/t10-,12?,13?,16-,17?/m1/s1. The summed E-state index contributed by atoms with van der Waals surface area (Å²) in [5.41, 5.74) is 7.83. The average molecular weight is 355 g/mol. The fourth-order valence-electron chi connectivity index (χ4n) is 3.53. The molecule has 2 fully saturated rings. The number of aliphatic hydroxyl groups excluding tert-OH is 1. The molecule has 2 saturated heterocycles. The van der Waals surface area contributed by atoms with Crippen LogP contribution in [0.5, 0.6) is 0 Å². The lowest BCUT2D eigenvalue weighted by Gasteiger charge is -2.20. The van der Waals surface area contributed by atoms with Gasteiger partial charge in [-0.3, -0.25) is 4.57 Å². The Balaban J connectivity index is 1.51. The summed E-state index contributed by atoms with van der Waals surface area (Å²) >= 11 is 0. The Morgan fingerprint density at radius 3 is 2.65 bits per heavy atom. The first-order chi connectivity index (χ1) is 12.8. The molecule has 9 nitrogen and oxygen atoms in total. The van der Waals surface area contributed by atoms with Gasteiger partial charge in [-0.1, -0.05) is 30.3 Å². The first-order valence-electron chi connectivity index (χ1n) is 8.31. The minimum absolute atomic E-state index is 0.174. The van der Waals surface area contributed by atoms with E-state index in [-0.39, 0.29) is 6.61 Å². The minimum Gasteiger partial charge on any atom is -0.394 e. The van der Waals surface area contributed by atoms with Crippen molar-refractivity contribution in [2.45, 2.75) is 30.8 Å². The molecule has 5 rings (SSSR count). The predicted octanol–water partition coefficient (Wildman–Crippen LogP) is 0.781. The number of benzene rings is 1. The van der Waals surface area contributed by atoms with Gasteiger partial charge >= 0.3 is 0 Å². The van der Waals surface area contributed by atoms with Crippen LogP contribution in [0.2, 0.25) is 0 Å². The van der Waals surface area contributed by atoms with Crippen LogP contribution in [-0.2, 0) is 14.2 Å². The van der Waals surface area contributed by atoms with Crippen LogP contribution < -0.4 is 5.73 Å². The number of aliphatic hydroxyl groups is 1. The fourth-order valence-corrected chi connectivity index (χ4v) is 3.53. The van der Waals surface area contributed by atoms with Crippen LogP contribution in [0.25, 0.3) is 11.2 Å². The second kappa shape index (κ2) is 5.99. The Morgan fingerprint density at radius 1 is 1.04 bits per heavy atom. The molecule has 5 atom stereocenters. The number of fused-ring (bicyclic) bond motifs is 2. The zero-order chi connectivity index (χ0) is 17.7. The third-order valence-corrected chi connectivity index (χ3v) is 4.76. The van der Waals surface area contributed by atoms with E-state index < -0.39 is 30.8 Å². The summed E-state index contributed by atoms with van der Waals surface area (Å²) in [5, 5.41) is 9.71. The highest BCUT2D eigenvalue weighted by molar-refractivity contribution is 5.81. The number of nitrogens with two attached hydrogens (primary N) is 1. The molecule has 0 radical (unpaired) electrons. The number of aromatic nitrogens is 4. The first-order valence-corrected chi connectivity index (χ1v) is 8.31. The summed E-state index contributed by atoms with van der Waals surface area (Å²) in [6, 6.07) is 9.67. The van der Waals surface area contributed by atoms with Crippen molar-refractivity contribution in [2.24, 2.45) is 0 Å². The molecule has 0 amide bonds. The van der Waals surface area contributed by atoms with E-state index in [1.165, 1.54) is 6.33 Å². The Bertz CT molecular complexity index is 933. The fraction of sp³-hybridized carbons (Fsp3) is 0.353. The molecule has 1 aromatic carbocycles. The molecule has 3 unspecified atom stereocenters. The molecular weight excluding hydrogens is 338 g/mol. The van der Waals surface area contributed by atoms with Crippen LogP contribution in [0, 0.1) is 0 Å². The molecule has 3 N–H and O–H groups in total. The Labute approximate surface area is 148 Å². The molecular formula is C17H17N5O4. The smallest absolute Gasteiger partial charge is 0.185 e. The van der Waals surface area contributed by atoms with E-state index in [4.69, 9.17) is 19.9 Å². The van der Waals surface area contributed by atoms with E-state index in [1.54, 1.807) is 10.9 Å². The van der Waals surface area contributed by atoms with E-state index in [0.717, 1.165) is 5.56 Å². The van der Waals surface area contributed by atoms with Crippen LogP contribution in [-0.4, -0.2) is 49.5 Å². The van der Waals surface area contributed by atoms with Crippen molar-refractivity contribution in [3.05, 3.63) is 48.5 Å². The molecule has 2 aliphatic heterocycles. The quantitative estimate of drug-likeness (QED) is 0.708. The maximum absolute atomic E-state index is 9.71. The van der Waals surface area contributed by atoms with Gasteiger partial charge in [-0.15, -0.1) is 0 Å². The van der Waals surface area contributed by atoms with Crippen LogP contribution >= 0.6 is 0 Å². The lowest BCUT2D eigenvalue weighted by molar-refractivity contribution is -0.153. The van der Waals surface area contributed by atoms with Gasteiger partial charge in [0, 0.05) is 5.56 Å². The molecule has 0 bridgehead atoms. The van der Waals surface area contributed by atoms with Gasteiger partial charge in [0.1, 0.15) is 30.2 Å². The van der Waals surface area contributed by atoms with Gasteiger partial charge in [0.2, 0.25) is 0 Å². The largest absolute Gasteiger partial charge is 0.394 e. The summed E-state index contributed by atoms with van der Waals surface area (Å²) < 4.78 is 19.9. The van der Waals surface area contributed by atoms with Gasteiger partial charge < -0.3 is 25.1 Å². The van der Waals surface area contributed by atoms with Crippen LogP contribution in [0.4, 0.5) is 5.82 Å². The maximum atomic E-state index is 9.71. The molecule has 0 saturated carbocycles. The normalized spacial score (nSPS) is 30.7. The van der Waals surface area contributed by atoms with E-state index in [0.29, 0.717) is 17.0 Å². The van der Waals surface area contributed by atoms with E-state index in [1.807, 2.05) is 30.3 Å². The minimum atomic E-state index is -0.537. The Hall–Kier alpha value is -2.59. The summed E-state index contributed by atoms with van der Waals surface area (Å²) in [6.45, 7) is -0.174. The van der Waals surface area contributed by atoms with Crippen molar-refractivity contribution >= 4 is 17.0 Å². The number of nitrogens with zero attached hydrogens (tertiary/aromatic N) is 4. The van der Waals surface area contributed by atoms with Crippen molar-refractivity contribution in [3.8, 4) is 0 Å². The summed E-state index contributed by atoms with van der Waals surface area (Å²) in [5.74, 6) is 0.299. The maximum Gasteiger partial charge on any atom is 0.185 e. The highest BCUT2D eigenvalue weighted by atomic mass is 16.8. The molecule has 9 heteroatoms. The van der Waals surface area contributed by atoms with E-state index in [2.05, 4.69) is 15.0 Å². The highest BCUT2D eigenvalue weighted by Crippen LogP contribution is 2.44. The van der Waals surface area contributed by atoms with E-state index in [9.17, 15) is 5.11 Å². The molecule has 2 aromatic heterocycles. The molecule has 134 valence electrons. The number of hydrogen-bond acceptors (Lipinski definition) is 8. The van der Waals surface area contributed by atoms with Gasteiger partial charge in [0.15, 0.2) is 24.0 Å². The lowest BCUT2D eigenvalue weighted by Crippen LogP contribution is -2.30. The highest BCUT2D eigenvalue weighted by Gasteiger charge is 2.53. The molecule has 0 spiro atoms. The van der Waals surface area contributed by atoms with Gasteiger partial charge in [-0.2, -0.15) is 0 Å². The topological polar surface area (TPSA) is 118 Å². The predicted molar refractivity (Wildman–Crippen MR) is 89.7 cm³/mol.